The van der Waals surface area contributed by atoms with Gasteiger partial charge in [0.25, 0.3) is 0 Å². The minimum absolute atomic E-state index is 0.204. The summed E-state index contributed by atoms with van der Waals surface area (Å²) in [4.78, 5) is 0. The summed E-state index contributed by atoms with van der Waals surface area (Å²) in [5, 5.41) is 7.23. The van der Waals surface area contributed by atoms with E-state index in [1.54, 1.807) is 0 Å². The molecule has 0 unspecified atom stereocenters. The monoisotopic (exact) mass is 139 g/mol. The van der Waals surface area contributed by atoms with E-state index in [1.807, 2.05) is 6.92 Å². The van der Waals surface area contributed by atoms with Crippen LogP contribution in [-0.4, -0.2) is 10.4 Å². The molecule has 1 fully saturated rings. The van der Waals surface area contributed by atoms with Crippen molar-refractivity contribution in [2.24, 2.45) is 5.73 Å². The normalized spacial score (nSPS) is 21.0. The van der Waals surface area contributed by atoms with Crippen molar-refractivity contribution in [1.82, 2.24) is 10.4 Å². The van der Waals surface area contributed by atoms with E-state index in [2.05, 4.69) is 10.4 Å². The predicted octanol–water partition coefficient (Wildman–Crippen LogP) is 0.326. The Hall–Kier alpha value is -0.900. The average Bonchev–Trinajstić information content (AvgIpc) is 2.44. The Morgan fingerprint density at radius 2 is 2.30 bits per heavy atom. The van der Waals surface area contributed by atoms with Gasteiger partial charge in [-0.25, -0.2) is 0 Å². The van der Waals surface area contributed by atoms with E-state index in [9.17, 15) is 0 Å². The summed E-state index contributed by atoms with van der Waals surface area (Å²) >= 11 is 0. The summed E-state index contributed by atoms with van der Waals surface area (Å²) in [5.41, 5.74) is 6.47. The van der Waals surface area contributed by atoms with Gasteiger partial charge in [0.05, 0.1) is 5.54 Å². The largest absolute Gasteiger partial charge is 0.342 e. The third-order valence-corrected chi connectivity index (χ3v) is 1.91. The van der Waals surface area contributed by atoms with Crippen LogP contribution < -0.4 is 5.73 Å². The van der Waals surface area contributed by atoms with Crippen molar-refractivity contribution in [2.75, 3.05) is 0 Å². The van der Waals surface area contributed by atoms with Crippen LogP contribution in [0.15, 0.2) is 4.52 Å². The molecule has 0 aliphatic heterocycles. The number of rotatable bonds is 1. The third kappa shape index (κ3) is 0.654. The molecule has 1 aromatic heterocycles. The summed E-state index contributed by atoms with van der Waals surface area (Å²) in [5.74, 6) is 0.750. The molecule has 2 N–H and O–H groups in total. The number of aromatic nitrogens is 2. The molecule has 1 aliphatic carbocycles. The summed E-state index contributed by atoms with van der Waals surface area (Å²) in [7, 11) is 0. The van der Waals surface area contributed by atoms with E-state index in [1.165, 1.54) is 0 Å². The molecule has 1 aromatic rings. The quantitative estimate of drug-likeness (QED) is 0.608. The lowest BCUT2D eigenvalue weighted by Gasteiger charge is -2.00. The van der Waals surface area contributed by atoms with E-state index < -0.39 is 0 Å². The van der Waals surface area contributed by atoms with Crippen LogP contribution in [0.5, 0.6) is 0 Å². The Bertz CT molecular complexity index is 251. The number of nitrogens with zero attached hydrogens (tertiary/aromatic N) is 2. The molecule has 10 heavy (non-hydrogen) atoms. The lowest BCUT2D eigenvalue weighted by Crippen LogP contribution is -2.20. The summed E-state index contributed by atoms with van der Waals surface area (Å²) in [6.45, 7) is 1.84. The molecule has 4 nitrogen and oxygen atoms in total. The van der Waals surface area contributed by atoms with Crippen molar-refractivity contribution in [2.45, 2.75) is 25.3 Å². The van der Waals surface area contributed by atoms with Crippen LogP contribution in [-0.2, 0) is 5.54 Å². The van der Waals surface area contributed by atoms with Crippen LogP contribution in [0.2, 0.25) is 0 Å². The molecule has 1 aliphatic rings. The summed E-state index contributed by atoms with van der Waals surface area (Å²) in [6, 6.07) is 0. The van der Waals surface area contributed by atoms with Gasteiger partial charge in [0.2, 0.25) is 0 Å². The zero-order valence-corrected chi connectivity index (χ0v) is 5.79. The van der Waals surface area contributed by atoms with Gasteiger partial charge in [0.15, 0.2) is 5.76 Å². The molecular weight excluding hydrogens is 130 g/mol. The van der Waals surface area contributed by atoms with E-state index in [0.717, 1.165) is 24.3 Å². The fraction of sp³-hybridized carbons (Fsp3) is 0.667. The maximum Gasteiger partial charge on any atom is 0.159 e. The SMILES string of the molecule is Cc1onnc1C1(N)CC1. The van der Waals surface area contributed by atoms with E-state index >= 15 is 0 Å². The number of aryl methyl sites for hydroxylation is 1. The van der Waals surface area contributed by atoms with Gasteiger partial charge in [-0.1, -0.05) is 0 Å². The zero-order chi connectivity index (χ0) is 7.19. The van der Waals surface area contributed by atoms with Crippen molar-refractivity contribution in [3.63, 3.8) is 0 Å². The highest BCUT2D eigenvalue weighted by atomic mass is 16.5. The number of hydrogen-bond donors (Lipinski definition) is 1. The second-order valence-electron chi connectivity index (χ2n) is 2.83. The van der Waals surface area contributed by atoms with Crippen molar-refractivity contribution >= 4 is 0 Å². The third-order valence-electron chi connectivity index (χ3n) is 1.91. The highest BCUT2D eigenvalue weighted by Gasteiger charge is 2.44. The van der Waals surface area contributed by atoms with Gasteiger partial charge in [0.1, 0.15) is 5.69 Å². The summed E-state index contributed by atoms with van der Waals surface area (Å²) in [6.07, 6.45) is 2.00. The summed E-state index contributed by atoms with van der Waals surface area (Å²) < 4.78 is 4.79. The molecule has 0 aromatic carbocycles. The topological polar surface area (TPSA) is 64.9 Å². The standard InChI is InChI=1S/C6H9N3O/c1-4-5(8-9-10-4)6(7)2-3-6/h2-3,7H2,1H3. The molecule has 1 heterocycles. The van der Waals surface area contributed by atoms with Gasteiger partial charge in [-0.15, -0.1) is 5.10 Å². The van der Waals surface area contributed by atoms with Crippen LogP contribution >= 0.6 is 0 Å². The molecule has 0 amide bonds. The van der Waals surface area contributed by atoms with E-state index in [-0.39, 0.29) is 5.54 Å². The fourth-order valence-electron chi connectivity index (χ4n) is 1.06. The van der Waals surface area contributed by atoms with Crippen LogP contribution in [0.1, 0.15) is 24.3 Å². The highest BCUT2D eigenvalue weighted by Crippen LogP contribution is 2.42. The Morgan fingerprint density at radius 3 is 2.70 bits per heavy atom. The minimum atomic E-state index is -0.204. The molecule has 0 spiro atoms. The first-order valence-corrected chi connectivity index (χ1v) is 3.31. The molecule has 0 bridgehead atoms. The predicted molar refractivity (Wildman–Crippen MR) is 34.1 cm³/mol. The van der Waals surface area contributed by atoms with Crippen molar-refractivity contribution in [3.8, 4) is 0 Å². The smallest absolute Gasteiger partial charge is 0.159 e. The first-order chi connectivity index (χ1) is 4.72. The maximum atomic E-state index is 5.85. The molecule has 2 rings (SSSR count). The molecule has 4 heteroatoms. The Morgan fingerprint density at radius 1 is 1.60 bits per heavy atom. The van der Waals surface area contributed by atoms with Gasteiger partial charge in [-0.3, -0.25) is 0 Å². The highest BCUT2D eigenvalue weighted by molar-refractivity contribution is 5.22. The minimum Gasteiger partial charge on any atom is -0.342 e. The van der Waals surface area contributed by atoms with Gasteiger partial charge in [-0.05, 0) is 19.8 Å². The molecule has 1 saturated carbocycles. The Labute approximate surface area is 58.4 Å². The number of hydrogen-bond acceptors (Lipinski definition) is 4. The van der Waals surface area contributed by atoms with Gasteiger partial charge in [0, 0.05) is 5.27 Å². The van der Waals surface area contributed by atoms with Gasteiger partial charge in [-0.2, -0.15) is 0 Å². The second-order valence-corrected chi connectivity index (χ2v) is 2.83. The van der Waals surface area contributed by atoms with Crippen molar-refractivity contribution < 1.29 is 4.52 Å². The van der Waals surface area contributed by atoms with E-state index in [0.29, 0.717) is 0 Å². The van der Waals surface area contributed by atoms with Crippen LogP contribution in [0.4, 0.5) is 0 Å². The lowest BCUT2D eigenvalue weighted by atomic mass is 10.2. The van der Waals surface area contributed by atoms with Crippen LogP contribution in [0.25, 0.3) is 0 Å². The number of nitrogens with two attached hydrogens (primary N) is 1. The van der Waals surface area contributed by atoms with Crippen molar-refractivity contribution in [1.29, 1.82) is 0 Å². The molecule has 54 valence electrons. The molecule has 0 radical (unpaired) electrons. The first-order valence-electron chi connectivity index (χ1n) is 3.31. The lowest BCUT2D eigenvalue weighted by molar-refractivity contribution is 0.373. The Kier molecular flexibility index (Phi) is 0.922. The maximum absolute atomic E-state index is 5.85. The average molecular weight is 139 g/mol. The van der Waals surface area contributed by atoms with Gasteiger partial charge < -0.3 is 10.3 Å². The molecule has 0 saturated heterocycles. The van der Waals surface area contributed by atoms with Crippen LogP contribution in [0.3, 0.4) is 0 Å². The van der Waals surface area contributed by atoms with E-state index in [4.69, 9.17) is 10.3 Å². The molecular formula is C6H9N3O. The molecule has 0 atom stereocenters. The van der Waals surface area contributed by atoms with Crippen molar-refractivity contribution in [3.05, 3.63) is 11.5 Å². The Balaban J connectivity index is 2.42. The zero-order valence-electron chi connectivity index (χ0n) is 5.79. The fourth-order valence-corrected chi connectivity index (χ4v) is 1.06. The first kappa shape index (κ1) is 5.85. The second kappa shape index (κ2) is 1.58. The van der Waals surface area contributed by atoms with Gasteiger partial charge >= 0.3 is 0 Å². The van der Waals surface area contributed by atoms with Crippen LogP contribution in [0, 0.1) is 6.92 Å².